The fraction of sp³-hybridized carbons (Fsp3) is 0.538. The molecule has 1 aromatic carbocycles. The number of hydrogen-bond acceptors (Lipinski definition) is 2. The Hall–Kier alpha value is -0.440. The zero-order valence-electron chi connectivity index (χ0n) is 9.79. The van der Waals surface area contributed by atoms with Gasteiger partial charge in [0.05, 0.1) is 19.1 Å². The van der Waals surface area contributed by atoms with E-state index in [2.05, 4.69) is 0 Å². The first-order valence-electron chi connectivity index (χ1n) is 5.77. The molecule has 0 aromatic heterocycles. The Morgan fingerprint density at radius 3 is 2.94 bits per heavy atom. The van der Waals surface area contributed by atoms with Crippen molar-refractivity contribution >= 4 is 23.2 Å². The summed E-state index contributed by atoms with van der Waals surface area (Å²) in [6.45, 7) is 1.55. The molecule has 0 N–H and O–H groups in total. The monoisotopic (exact) mass is 274 g/mol. The lowest BCUT2D eigenvalue weighted by atomic mass is 9.93. The fourth-order valence-corrected chi connectivity index (χ4v) is 2.72. The highest BCUT2D eigenvalue weighted by atomic mass is 35.5. The van der Waals surface area contributed by atoms with Crippen molar-refractivity contribution in [1.82, 2.24) is 0 Å². The van der Waals surface area contributed by atoms with Gasteiger partial charge in [0.25, 0.3) is 0 Å². The van der Waals surface area contributed by atoms with Crippen molar-refractivity contribution in [2.24, 2.45) is 5.92 Å². The van der Waals surface area contributed by atoms with E-state index in [0.717, 1.165) is 30.8 Å². The minimum Gasteiger partial charge on any atom is -0.496 e. The van der Waals surface area contributed by atoms with Crippen LogP contribution in [0.1, 0.15) is 23.8 Å². The van der Waals surface area contributed by atoms with Gasteiger partial charge in [-0.15, -0.1) is 11.6 Å². The second-order valence-electron chi connectivity index (χ2n) is 4.27. The highest BCUT2D eigenvalue weighted by Crippen LogP contribution is 2.39. The van der Waals surface area contributed by atoms with E-state index in [1.807, 2.05) is 18.2 Å². The van der Waals surface area contributed by atoms with Gasteiger partial charge in [-0.25, -0.2) is 0 Å². The molecule has 0 spiro atoms. The average Bonchev–Trinajstić information content (AvgIpc) is 2.39. The van der Waals surface area contributed by atoms with E-state index < -0.39 is 0 Å². The molecule has 0 bridgehead atoms. The molecule has 1 aliphatic heterocycles. The Morgan fingerprint density at radius 2 is 2.29 bits per heavy atom. The maximum Gasteiger partial charge on any atom is 0.123 e. The highest BCUT2D eigenvalue weighted by Gasteiger charge is 2.26. The molecular formula is C13H16Cl2O2. The molecule has 0 aliphatic carbocycles. The van der Waals surface area contributed by atoms with E-state index in [1.54, 1.807) is 7.11 Å². The van der Waals surface area contributed by atoms with Gasteiger partial charge in [-0.05, 0) is 31.0 Å². The van der Waals surface area contributed by atoms with Gasteiger partial charge in [0.2, 0.25) is 0 Å². The normalized spacial score (nSPS) is 22.2. The third kappa shape index (κ3) is 3.06. The van der Waals surface area contributed by atoms with Gasteiger partial charge < -0.3 is 9.47 Å². The molecule has 0 radical (unpaired) electrons. The molecule has 2 atom stereocenters. The van der Waals surface area contributed by atoms with Crippen LogP contribution in [-0.2, 0) is 4.74 Å². The Bertz CT molecular complexity index is 376. The number of rotatable bonds is 3. The van der Waals surface area contributed by atoms with Gasteiger partial charge in [-0.2, -0.15) is 0 Å². The van der Waals surface area contributed by atoms with Crippen molar-refractivity contribution in [3.8, 4) is 5.75 Å². The van der Waals surface area contributed by atoms with Crippen LogP contribution in [0, 0.1) is 5.92 Å². The molecule has 1 fully saturated rings. The highest BCUT2D eigenvalue weighted by molar-refractivity contribution is 6.31. The van der Waals surface area contributed by atoms with Gasteiger partial charge in [0.15, 0.2) is 0 Å². The first kappa shape index (κ1) is 13.0. The van der Waals surface area contributed by atoms with Crippen molar-refractivity contribution in [1.29, 1.82) is 0 Å². The summed E-state index contributed by atoms with van der Waals surface area (Å²) in [4.78, 5) is 0. The summed E-state index contributed by atoms with van der Waals surface area (Å²) in [5.74, 6) is 1.12. The smallest absolute Gasteiger partial charge is 0.123 e. The summed E-state index contributed by atoms with van der Waals surface area (Å²) >= 11 is 12.5. The van der Waals surface area contributed by atoms with Gasteiger partial charge in [0, 0.05) is 23.1 Å². The van der Waals surface area contributed by atoms with Crippen molar-refractivity contribution < 1.29 is 9.47 Å². The summed E-state index contributed by atoms with van der Waals surface area (Å²) in [5, 5.41) is 0.576. The van der Waals surface area contributed by atoms with Crippen LogP contribution in [0.3, 0.4) is 0 Å². The third-order valence-corrected chi connectivity index (χ3v) is 3.92. The number of benzene rings is 1. The standard InChI is InChI=1S/C13H16Cl2O2/c1-16-12-5-4-10(14)7-11(12)13(15)9-3-2-6-17-8-9/h4-5,7,9,13H,2-3,6,8H2,1H3. The van der Waals surface area contributed by atoms with E-state index in [1.165, 1.54) is 0 Å². The van der Waals surface area contributed by atoms with Crippen molar-refractivity contribution in [2.45, 2.75) is 18.2 Å². The molecule has 4 heteroatoms. The predicted molar refractivity (Wildman–Crippen MR) is 70.1 cm³/mol. The van der Waals surface area contributed by atoms with Crippen LogP contribution in [0.2, 0.25) is 5.02 Å². The minimum atomic E-state index is -0.107. The first-order chi connectivity index (χ1) is 8.22. The summed E-state index contributed by atoms with van der Waals surface area (Å²) in [6.07, 6.45) is 2.15. The maximum atomic E-state index is 6.52. The molecule has 1 heterocycles. The largest absolute Gasteiger partial charge is 0.496 e. The van der Waals surface area contributed by atoms with Crippen LogP contribution in [0.5, 0.6) is 5.75 Å². The molecule has 2 rings (SSSR count). The van der Waals surface area contributed by atoms with Crippen LogP contribution in [0.25, 0.3) is 0 Å². The summed E-state index contributed by atoms with van der Waals surface area (Å²) in [7, 11) is 1.65. The Balaban J connectivity index is 2.21. The third-order valence-electron chi connectivity index (χ3n) is 3.10. The van der Waals surface area contributed by atoms with Gasteiger partial charge in [0.1, 0.15) is 5.75 Å². The van der Waals surface area contributed by atoms with Crippen LogP contribution < -0.4 is 4.74 Å². The number of hydrogen-bond donors (Lipinski definition) is 0. The van der Waals surface area contributed by atoms with Gasteiger partial charge in [-0.1, -0.05) is 11.6 Å². The van der Waals surface area contributed by atoms with E-state index >= 15 is 0 Å². The van der Waals surface area contributed by atoms with Crippen LogP contribution in [0.4, 0.5) is 0 Å². The molecular weight excluding hydrogens is 259 g/mol. The summed E-state index contributed by atoms with van der Waals surface area (Å²) in [6, 6.07) is 5.55. The fourth-order valence-electron chi connectivity index (χ4n) is 2.17. The second kappa shape index (κ2) is 5.94. The minimum absolute atomic E-state index is 0.107. The second-order valence-corrected chi connectivity index (χ2v) is 5.17. The lowest BCUT2D eigenvalue weighted by Gasteiger charge is -2.27. The lowest BCUT2D eigenvalue weighted by molar-refractivity contribution is 0.0529. The molecule has 94 valence electrons. The molecule has 1 aliphatic rings. The number of methoxy groups -OCH3 is 1. The SMILES string of the molecule is COc1ccc(Cl)cc1C(Cl)C1CCCOC1. The predicted octanol–water partition coefficient (Wildman–Crippen LogP) is 4.06. The Kier molecular flexibility index (Phi) is 4.55. The van der Waals surface area contributed by atoms with Crippen LogP contribution >= 0.6 is 23.2 Å². The number of halogens is 2. The van der Waals surface area contributed by atoms with Crippen molar-refractivity contribution in [2.75, 3.05) is 20.3 Å². The first-order valence-corrected chi connectivity index (χ1v) is 6.59. The Morgan fingerprint density at radius 1 is 1.47 bits per heavy atom. The van der Waals surface area contributed by atoms with E-state index in [-0.39, 0.29) is 5.38 Å². The van der Waals surface area contributed by atoms with E-state index in [4.69, 9.17) is 32.7 Å². The molecule has 1 aromatic rings. The van der Waals surface area contributed by atoms with Crippen molar-refractivity contribution in [3.05, 3.63) is 28.8 Å². The van der Waals surface area contributed by atoms with Crippen molar-refractivity contribution in [3.63, 3.8) is 0 Å². The molecule has 0 saturated carbocycles. The molecule has 2 unspecified atom stereocenters. The number of ether oxygens (including phenoxy) is 2. The number of alkyl halides is 1. The zero-order valence-corrected chi connectivity index (χ0v) is 11.3. The quantitative estimate of drug-likeness (QED) is 0.774. The molecule has 17 heavy (non-hydrogen) atoms. The van der Waals surface area contributed by atoms with Gasteiger partial charge in [-0.3, -0.25) is 0 Å². The average molecular weight is 275 g/mol. The lowest BCUT2D eigenvalue weighted by Crippen LogP contribution is -2.21. The molecule has 2 nitrogen and oxygen atoms in total. The maximum absolute atomic E-state index is 6.52. The van der Waals surface area contributed by atoms with Gasteiger partial charge >= 0.3 is 0 Å². The Labute approximate surface area is 112 Å². The summed E-state index contributed by atoms with van der Waals surface area (Å²) in [5.41, 5.74) is 0.956. The summed E-state index contributed by atoms with van der Waals surface area (Å²) < 4.78 is 10.8. The van der Waals surface area contributed by atoms with E-state index in [9.17, 15) is 0 Å². The molecule has 0 amide bonds. The zero-order chi connectivity index (χ0) is 12.3. The topological polar surface area (TPSA) is 18.5 Å². The van der Waals surface area contributed by atoms with Crippen LogP contribution in [-0.4, -0.2) is 20.3 Å². The van der Waals surface area contributed by atoms with Crippen LogP contribution in [0.15, 0.2) is 18.2 Å². The molecule has 1 saturated heterocycles. The van der Waals surface area contributed by atoms with E-state index in [0.29, 0.717) is 17.5 Å².